The molecule has 0 bridgehead atoms. The molecule has 0 spiro atoms. The van der Waals surface area contributed by atoms with Crippen LogP contribution in [0.15, 0.2) is 35.3 Å². The SMILES string of the molecule is COc1c(CNC2CCC(N)CC2)cc(-c2ccc[nH]c2=O)cc1C(C)(C)C. The smallest absolute Gasteiger partial charge is 0.255 e. The van der Waals surface area contributed by atoms with E-state index in [1.807, 2.05) is 12.1 Å². The van der Waals surface area contributed by atoms with Crippen LogP contribution in [0.4, 0.5) is 0 Å². The molecule has 1 aliphatic rings. The molecule has 1 aliphatic carbocycles. The lowest BCUT2D eigenvalue weighted by Crippen LogP contribution is -2.37. The fourth-order valence-corrected chi connectivity index (χ4v) is 4.00. The van der Waals surface area contributed by atoms with Crippen LogP contribution in [0.5, 0.6) is 5.75 Å². The van der Waals surface area contributed by atoms with Crippen LogP contribution in [-0.2, 0) is 12.0 Å². The third-order valence-corrected chi connectivity index (χ3v) is 5.66. The minimum absolute atomic E-state index is 0.0762. The van der Waals surface area contributed by atoms with Crippen molar-refractivity contribution >= 4 is 0 Å². The van der Waals surface area contributed by atoms with E-state index in [9.17, 15) is 4.79 Å². The van der Waals surface area contributed by atoms with Gasteiger partial charge in [-0.15, -0.1) is 0 Å². The first-order valence-corrected chi connectivity index (χ1v) is 10.2. The second-order valence-corrected chi connectivity index (χ2v) is 8.87. The first-order valence-electron chi connectivity index (χ1n) is 10.2. The average Bonchev–Trinajstić information content (AvgIpc) is 2.66. The lowest BCUT2D eigenvalue weighted by atomic mass is 9.83. The predicted molar refractivity (Wildman–Crippen MR) is 115 cm³/mol. The third-order valence-electron chi connectivity index (χ3n) is 5.66. The Morgan fingerprint density at radius 1 is 1.21 bits per heavy atom. The summed E-state index contributed by atoms with van der Waals surface area (Å²) in [6.07, 6.45) is 6.01. The maximum Gasteiger partial charge on any atom is 0.255 e. The quantitative estimate of drug-likeness (QED) is 0.735. The van der Waals surface area contributed by atoms with E-state index < -0.39 is 0 Å². The number of nitrogens with one attached hydrogen (secondary N) is 2. The highest BCUT2D eigenvalue weighted by Crippen LogP contribution is 2.37. The van der Waals surface area contributed by atoms with Gasteiger partial charge in [0, 0.05) is 41.5 Å². The van der Waals surface area contributed by atoms with Gasteiger partial charge in [0.2, 0.25) is 0 Å². The fraction of sp³-hybridized carbons (Fsp3) is 0.522. The molecule has 152 valence electrons. The van der Waals surface area contributed by atoms with Crippen molar-refractivity contribution in [1.82, 2.24) is 10.3 Å². The Kier molecular flexibility index (Phi) is 6.26. The van der Waals surface area contributed by atoms with Crippen LogP contribution >= 0.6 is 0 Å². The van der Waals surface area contributed by atoms with E-state index in [4.69, 9.17) is 10.5 Å². The average molecular weight is 384 g/mol. The summed E-state index contributed by atoms with van der Waals surface area (Å²) in [6.45, 7) is 7.22. The van der Waals surface area contributed by atoms with Gasteiger partial charge >= 0.3 is 0 Å². The van der Waals surface area contributed by atoms with Gasteiger partial charge in [0.15, 0.2) is 0 Å². The summed E-state index contributed by atoms with van der Waals surface area (Å²) in [4.78, 5) is 15.1. The summed E-state index contributed by atoms with van der Waals surface area (Å²) in [5.41, 5.74) is 9.66. The van der Waals surface area contributed by atoms with Crippen LogP contribution in [0.3, 0.4) is 0 Å². The first-order chi connectivity index (χ1) is 13.3. The minimum Gasteiger partial charge on any atom is -0.496 e. The maximum absolute atomic E-state index is 12.4. The standard InChI is InChI=1S/C23H33N3O2/c1-23(2,3)20-13-15(19-6-5-11-25-22(19)27)12-16(21(20)28-4)14-26-18-9-7-17(24)8-10-18/h5-6,11-13,17-18,26H,7-10,14,24H2,1-4H3,(H,25,27). The lowest BCUT2D eigenvalue weighted by molar-refractivity contribution is 0.337. The molecule has 0 amide bonds. The molecule has 4 N–H and O–H groups in total. The second-order valence-electron chi connectivity index (χ2n) is 8.87. The number of nitrogens with two attached hydrogens (primary N) is 1. The molecule has 5 heteroatoms. The van der Waals surface area contributed by atoms with Gasteiger partial charge in [0.1, 0.15) is 5.75 Å². The van der Waals surface area contributed by atoms with Crippen LogP contribution in [0.2, 0.25) is 0 Å². The van der Waals surface area contributed by atoms with Crippen molar-refractivity contribution in [3.63, 3.8) is 0 Å². The number of hydrogen-bond donors (Lipinski definition) is 3. The number of aromatic amines is 1. The summed E-state index contributed by atoms with van der Waals surface area (Å²) < 4.78 is 5.84. The van der Waals surface area contributed by atoms with Crippen molar-refractivity contribution in [2.24, 2.45) is 5.73 Å². The van der Waals surface area contributed by atoms with Crippen LogP contribution < -0.4 is 21.3 Å². The van der Waals surface area contributed by atoms with Crippen molar-refractivity contribution in [1.29, 1.82) is 0 Å². The highest BCUT2D eigenvalue weighted by atomic mass is 16.5. The molecule has 1 heterocycles. The van der Waals surface area contributed by atoms with Crippen molar-refractivity contribution in [2.75, 3.05) is 7.11 Å². The fourth-order valence-electron chi connectivity index (χ4n) is 4.00. The second kappa shape index (κ2) is 8.50. The van der Waals surface area contributed by atoms with E-state index in [0.29, 0.717) is 24.2 Å². The summed E-state index contributed by atoms with van der Waals surface area (Å²) >= 11 is 0. The number of H-pyrrole nitrogens is 1. The number of benzene rings is 1. The number of ether oxygens (including phenoxy) is 1. The predicted octanol–water partition coefficient (Wildman–Crippen LogP) is 3.71. The van der Waals surface area contributed by atoms with E-state index in [2.05, 4.69) is 43.2 Å². The monoisotopic (exact) mass is 383 g/mol. The van der Waals surface area contributed by atoms with Gasteiger partial charge in [-0.05, 0) is 60.9 Å². The van der Waals surface area contributed by atoms with Gasteiger partial charge in [-0.2, -0.15) is 0 Å². The number of pyridine rings is 1. The Morgan fingerprint density at radius 2 is 1.93 bits per heavy atom. The highest BCUT2D eigenvalue weighted by molar-refractivity contribution is 5.67. The number of hydrogen-bond acceptors (Lipinski definition) is 4. The van der Waals surface area contributed by atoms with Crippen molar-refractivity contribution in [3.05, 3.63) is 51.9 Å². The Hall–Kier alpha value is -2.11. The summed E-state index contributed by atoms with van der Waals surface area (Å²) in [7, 11) is 1.72. The van der Waals surface area contributed by atoms with Gasteiger partial charge in [0.05, 0.1) is 7.11 Å². The van der Waals surface area contributed by atoms with Crippen LogP contribution in [0.1, 0.15) is 57.6 Å². The van der Waals surface area contributed by atoms with E-state index in [1.54, 1.807) is 13.3 Å². The number of rotatable bonds is 5. The van der Waals surface area contributed by atoms with Crippen LogP contribution in [0, 0.1) is 0 Å². The normalized spacial score (nSPS) is 20.2. The molecule has 0 radical (unpaired) electrons. The molecular weight excluding hydrogens is 350 g/mol. The van der Waals surface area contributed by atoms with E-state index in [1.165, 1.54) is 0 Å². The topological polar surface area (TPSA) is 80.1 Å². The largest absolute Gasteiger partial charge is 0.496 e. The molecule has 0 saturated heterocycles. The molecule has 28 heavy (non-hydrogen) atoms. The van der Waals surface area contributed by atoms with Gasteiger partial charge in [-0.3, -0.25) is 4.79 Å². The van der Waals surface area contributed by atoms with Gasteiger partial charge < -0.3 is 20.8 Å². The third kappa shape index (κ3) is 4.65. The van der Waals surface area contributed by atoms with Crippen LogP contribution in [-0.4, -0.2) is 24.2 Å². The zero-order valence-corrected chi connectivity index (χ0v) is 17.5. The molecular formula is C23H33N3O2. The first kappa shape index (κ1) is 20.6. The van der Waals surface area contributed by atoms with Crippen LogP contribution in [0.25, 0.3) is 11.1 Å². The highest BCUT2D eigenvalue weighted by Gasteiger charge is 2.24. The summed E-state index contributed by atoms with van der Waals surface area (Å²) in [5, 5.41) is 3.68. The molecule has 0 aliphatic heterocycles. The number of methoxy groups -OCH3 is 1. The molecule has 0 unspecified atom stereocenters. The summed E-state index contributed by atoms with van der Waals surface area (Å²) in [6, 6.07) is 8.72. The van der Waals surface area contributed by atoms with E-state index in [0.717, 1.165) is 48.1 Å². The van der Waals surface area contributed by atoms with Crippen molar-refractivity contribution in [2.45, 2.75) is 70.5 Å². The molecule has 1 saturated carbocycles. The molecule has 2 aromatic rings. The Balaban J connectivity index is 1.98. The number of aromatic nitrogens is 1. The van der Waals surface area contributed by atoms with E-state index >= 15 is 0 Å². The molecule has 1 fully saturated rings. The Labute approximate surface area is 167 Å². The lowest BCUT2D eigenvalue weighted by Gasteiger charge is -2.29. The van der Waals surface area contributed by atoms with Gasteiger partial charge in [-0.1, -0.05) is 20.8 Å². The van der Waals surface area contributed by atoms with E-state index in [-0.39, 0.29) is 11.0 Å². The van der Waals surface area contributed by atoms with Gasteiger partial charge in [0.25, 0.3) is 5.56 Å². The maximum atomic E-state index is 12.4. The zero-order chi connectivity index (χ0) is 20.3. The molecule has 1 aromatic carbocycles. The van der Waals surface area contributed by atoms with Crippen molar-refractivity contribution < 1.29 is 4.74 Å². The molecule has 3 rings (SSSR count). The summed E-state index contributed by atoms with van der Waals surface area (Å²) in [5.74, 6) is 0.906. The minimum atomic E-state index is -0.102. The zero-order valence-electron chi connectivity index (χ0n) is 17.5. The molecule has 0 atom stereocenters. The Morgan fingerprint density at radius 3 is 2.54 bits per heavy atom. The molecule has 1 aromatic heterocycles. The van der Waals surface area contributed by atoms with Crippen molar-refractivity contribution in [3.8, 4) is 16.9 Å². The molecule has 5 nitrogen and oxygen atoms in total. The Bertz CT molecular complexity index is 859. The van der Waals surface area contributed by atoms with Gasteiger partial charge in [-0.25, -0.2) is 0 Å².